The van der Waals surface area contributed by atoms with Crippen LogP contribution in [0.1, 0.15) is 37.3 Å². The molecule has 2 rings (SSSR count). The van der Waals surface area contributed by atoms with Crippen molar-refractivity contribution >= 4 is 11.6 Å². The van der Waals surface area contributed by atoms with Crippen molar-refractivity contribution in [3.05, 3.63) is 28.3 Å². The molecule has 17 heavy (non-hydrogen) atoms. The second-order valence-corrected chi connectivity index (χ2v) is 5.27. The van der Waals surface area contributed by atoms with E-state index < -0.39 is 0 Å². The van der Waals surface area contributed by atoms with Crippen molar-refractivity contribution in [3.8, 4) is 5.75 Å². The quantitative estimate of drug-likeness (QED) is 0.894. The standard InChI is InChI=1S/C14H20ClNO/c1-3-10-7-11(15)8-12(13(10)17-2)14(9-16)5-4-6-14/h7-8H,3-6,9,16H2,1-2H3. The third-order valence-corrected chi connectivity index (χ3v) is 4.21. The van der Waals surface area contributed by atoms with Crippen molar-refractivity contribution in [1.82, 2.24) is 0 Å². The van der Waals surface area contributed by atoms with E-state index in [2.05, 4.69) is 6.92 Å². The van der Waals surface area contributed by atoms with Crippen LogP contribution in [0.2, 0.25) is 5.02 Å². The van der Waals surface area contributed by atoms with E-state index in [1.54, 1.807) is 7.11 Å². The predicted octanol–water partition coefficient (Wildman–Crippen LogP) is 3.29. The number of nitrogens with two attached hydrogens (primary N) is 1. The molecular weight excluding hydrogens is 234 g/mol. The fourth-order valence-electron chi connectivity index (χ4n) is 2.73. The molecule has 0 amide bonds. The van der Waals surface area contributed by atoms with Crippen LogP contribution < -0.4 is 10.5 Å². The van der Waals surface area contributed by atoms with Gasteiger partial charge in [-0.15, -0.1) is 0 Å². The summed E-state index contributed by atoms with van der Waals surface area (Å²) in [4.78, 5) is 0. The highest BCUT2D eigenvalue weighted by atomic mass is 35.5. The molecule has 0 bridgehead atoms. The summed E-state index contributed by atoms with van der Waals surface area (Å²) in [5, 5.41) is 0.789. The molecule has 0 radical (unpaired) electrons. The Bertz CT molecular complexity index is 407. The number of hydrogen-bond donors (Lipinski definition) is 1. The third kappa shape index (κ3) is 2.04. The van der Waals surface area contributed by atoms with Crippen LogP contribution in [0.3, 0.4) is 0 Å². The first kappa shape index (κ1) is 12.7. The maximum Gasteiger partial charge on any atom is 0.125 e. The number of ether oxygens (including phenoxy) is 1. The van der Waals surface area contributed by atoms with Crippen LogP contribution in [0, 0.1) is 0 Å². The summed E-state index contributed by atoms with van der Waals surface area (Å²) in [7, 11) is 1.73. The highest BCUT2D eigenvalue weighted by Crippen LogP contribution is 2.48. The van der Waals surface area contributed by atoms with E-state index in [0.717, 1.165) is 30.0 Å². The van der Waals surface area contributed by atoms with Gasteiger partial charge in [0.1, 0.15) is 5.75 Å². The topological polar surface area (TPSA) is 35.2 Å². The summed E-state index contributed by atoms with van der Waals surface area (Å²) < 4.78 is 5.59. The number of aryl methyl sites for hydroxylation is 1. The minimum Gasteiger partial charge on any atom is -0.496 e. The molecule has 1 aromatic rings. The van der Waals surface area contributed by atoms with Gasteiger partial charge < -0.3 is 10.5 Å². The average molecular weight is 254 g/mol. The molecule has 2 nitrogen and oxygen atoms in total. The molecule has 0 atom stereocenters. The van der Waals surface area contributed by atoms with Crippen LogP contribution in [0.15, 0.2) is 12.1 Å². The Hall–Kier alpha value is -0.730. The monoisotopic (exact) mass is 253 g/mol. The average Bonchev–Trinajstić information content (AvgIpc) is 2.27. The van der Waals surface area contributed by atoms with E-state index >= 15 is 0 Å². The molecule has 94 valence electrons. The van der Waals surface area contributed by atoms with Gasteiger partial charge in [-0.05, 0) is 37.0 Å². The van der Waals surface area contributed by atoms with E-state index in [-0.39, 0.29) is 5.41 Å². The summed E-state index contributed by atoms with van der Waals surface area (Å²) in [5.74, 6) is 0.988. The maximum atomic E-state index is 6.21. The molecular formula is C14H20ClNO. The van der Waals surface area contributed by atoms with Gasteiger partial charge in [0, 0.05) is 22.5 Å². The van der Waals surface area contributed by atoms with E-state index in [1.165, 1.54) is 17.5 Å². The molecule has 0 saturated heterocycles. The lowest BCUT2D eigenvalue weighted by atomic mass is 9.64. The highest BCUT2D eigenvalue weighted by molar-refractivity contribution is 6.30. The molecule has 1 aromatic carbocycles. The van der Waals surface area contributed by atoms with Gasteiger partial charge in [0.15, 0.2) is 0 Å². The molecule has 2 N–H and O–H groups in total. The first-order valence-electron chi connectivity index (χ1n) is 6.24. The van der Waals surface area contributed by atoms with Gasteiger partial charge in [0.2, 0.25) is 0 Å². The summed E-state index contributed by atoms with van der Waals surface area (Å²) in [6.07, 6.45) is 4.46. The zero-order valence-electron chi connectivity index (χ0n) is 10.6. The van der Waals surface area contributed by atoms with Crippen LogP contribution >= 0.6 is 11.6 Å². The van der Waals surface area contributed by atoms with Crippen molar-refractivity contribution in [2.75, 3.05) is 13.7 Å². The van der Waals surface area contributed by atoms with E-state index in [1.807, 2.05) is 12.1 Å². The predicted molar refractivity (Wildman–Crippen MR) is 72.0 cm³/mol. The molecule has 0 heterocycles. The smallest absolute Gasteiger partial charge is 0.125 e. The minimum absolute atomic E-state index is 0.0974. The lowest BCUT2D eigenvalue weighted by Crippen LogP contribution is -2.41. The molecule has 1 aliphatic rings. The number of hydrogen-bond acceptors (Lipinski definition) is 2. The second kappa shape index (κ2) is 4.87. The SMILES string of the molecule is CCc1cc(Cl)cc(C2(CN)CCC2)c1OC. The number of rotatable bonds is 4. The molecule has 3 heteroatoms. The molecule has 1 aliphatic carbocycles. The van der Waals surface area contributed by atoms with Crippen LogP contribution in [0.5, 0.6) is 5.75 Å². The van der Waals surface area contributed by atoms with Crippen molar-refractivity contribution in [2.45, 2.75) is 38.0 Å². The second-order valence-electron chi connectivity index (χ2n) is 4.84. The summed E-state index contributed by atoms with van der Waals surface area (Å²) in [5.41, 5.74) is 8.45. The Balaban J connectivity index is 2.55. The van der Waals surface area contributed by atoms with Gasteiger partial charge in [-0.3, -0.25) is 0 Å². The molecule has 1 saturated carbocycles. The molecule has 0 aromatic heterocycles. The zero-order valence-corrected chi connectivity index (χ0v) is 11.3. The first-order valence-corrected chi connectivity index (χ1v) is 6.61. The summed E-state index contributed by atoms with van der Waals surface area (Å²) >= 11 is 6.21. The lowest BCUT2D eigenvalue weighted by Gasteiger charge is -2.42. The Morgan fingerprint density at radius 3 is 2.53 bits per heavy atom. The lowest BCUT2D eigenvalue weighted by molar-refractivity contribution is 0.243. The largest absolute Gasteiger partial charge is 0.496 e. The maximum absolute atomic E-state index is 6.21. The van der Waals surface area contributed by atoms with Crippen molar-refractivity contribution < 1.29 is 4.74 Å². The number of halogens is 1. The Morgan fingerprint density at radius 2 is 2.12 bits per heavy atom. The molecule has 0 unspecified atom stereocenters. The van der Waals surface area contributed by atoms with Crippen LogP contribution in [0.25, 0.3) is 0 Å². The van der Waals surface area contributed by atoms with Crippen molar-refractivity contribution in [1.29, 1.82) is 0 Å². The summed E-state index contributed by atoms with van der Waals surface area (Å²) in [6.45, 7) is 2.79. The van der Waals surface area contributed by atoms with Crippen molar-refractivity contribution in [2.24, 2.45) is 5.73 Å². The summed E-state index contributed by atoms with van der Waals surface area (Å²) in [6, 6.07) is 4.03. The van der Waals surface area contributed by atoms with E-state index in [0.29, 0.717) is 6.54 Å². The Morgan fingerprint density at radius 1 is 1.41 bits per heavy atom. The van der Waals surface area contributed by atoms with Crippen molar-refractivity contribution in [3.63, 3.8) is 0 Å². The Labute approximate surface area is 108 Å². The van der Waals surface area contributed by atoms with Crippen LogP contribution in [-0.4, -0.2) is 13.7 Å². The normalized spacial score (nSPS) is 17.6. The van der Waals surface area contributed by atoms with Gasteiger partial charge in [-0.25, -0.2) is 0 Å². The van der Waals surface area contributed by atoms with Gasteiger partial charge >= 0.3 is 0 Å². The molecule has 0 aliphatic heterocycles. The number of methoxy groups -OCH3 is 1. The Kier molecular flexibility index (Phi) is 3.64. The minimum atomic E-state index is 0.0974. The molecule has 0 spiro atoms. The van der Waals surface area contributed by atoms with Crippen LogP contribution in [-0.2, 0) is 11.8 Å². The van der Waals surface area contributed by atoms with E-state index in [4.69, 9.17) is 22.1 Å². The highest BCUT2D eigenvalue weighted by Gasteiger charge is 2.40. The van der Waals surface area contributed by atoms with Gasteiger partial charge in [0.25, 0.3) is 0 Å². The number of benzene rings is 1. The first-order chi connectivity index (χ1) is 8.16. The van der Waals surface area contributed by atoms with Gasteiger partial charge in [-0.1, -0.05) is 24.9 Å². The fraction of sp³-hybridized carbons (Fsp3) is 0.571. The van der Waals surface area contributed by atoms with Gasteiger partial charge in [-0.2, -0.15) is 0 Å². The zero-order chi connectivity index (χ0) is 12.5. The van der Waals surface area contributed by atoms with E-state index in [9.17, 15) is 0 Å². The third-order valence-electron chi connectivity index (χ3n) is 3.99. The fourth-order valence-corrected chi connectivity index (χ4v) is 2.98. The molecule has 1 fully saturated rings. The van der Waals surface area contributed by atoms with Crippen LogP contribution in [0.4, 0.5) is 0 Å². The van der Waals surface area contributed by atoms with Gasteiger partial charge in [0.05, 0.1) is 7.11 Å².